The highest BCUT2D eigenvalue weighted by atomic mass is 35.5. The monoisotopic (exact) mass is 305 g/mol. The highest BCUT2D eigenvalue weighted by Gasteiger charge is 2.16. The average molecular weight is 306 g/mol. The molecule has 21 heavy (non-hydrogen) atoms. The maximum Gasteiger partial charge on any atom is 0.265 e. The SMILES string of the molecule is Cc1ccc(NC(=O)C(C)Oc2ccc(Cl)cc2)c(O)c1. The molecule has 4 nitrogen and oxygen atoms in total. The second-order valence-corrected chi connectivity index (χ2v) is 5.16. The van der Waals surface area contributed by atoms with Gasteiger partial charge in [-0.25, -0.2) is 0 Å². The molecule has 0 fully saturated rings. The van der Waals surface area contributed by atoms with Gasteiger partial charge in [-0.2, -0.15) is 0 Å². The lowest BCUT2D eigenvalue weighted by molar-refractivity contribution is -0.122. The number of rotatable bonds is 4. The van der Waals surface area contributed by atoms with E-state index in [9.17, 15) is 9.90 Å². The van der Waals surface area contributed by atoms with Gasteiger partial charge in [0.1, 0.15) is 11.5 Å². The molecule has 110 valence electrons. The van der Waals surface area contributed by atoms with Crippen molar-refractivity contribution in [3.63, 3.8) is 0 Å². The predicted octanol–water partition coefficient (Wildman–Crippen LogP) is 3.76. The Bertz CT molecular complexity index is 640. The molecule has 0 bridgehead atoms. The zero-order valence-electron chi connectivity index (χ0n) is 11.8. The van der Waals surface area contributed by atoms with Gasteiger partial charge >= 0.3 is 0 Å². The van der Waals surface area contributed by atoms with Crippen LogP contribution in [0.2, 0.25) is 5.02 Å². The number of carbonyl (C=O) groups is 1. The molecular weight excluding hydrogens is 290 g/mol. The van der Waals surface area contributed by atoms with Crippen molar-refractivity contribution in [2.45, 2.75) is 20.0 Å². The second kappa shape index (κ2) is 6.50. The van der Waals surface area contributed by atoms with Gasteiger partial charge in [0.15, 0.2) is 6.10 Å². The number of benzene rings is 2. The molecule has 2 aromatic rings. The Morgan fingerprint density at radius 2 is 1.90 bits per heavy atom. The lowest BCUT2D eigenvalue weighted by Crippen LogP contribution is -2.30. The van der Waals surface area contributed by atoms with Crippen molar-refractivity contribution in [3.8, 4) is 11.5 Å². The van der Waals surface area contributed by atoms with Crippen LogP contribution in [0.1, 0.15) is 12.5 Å². The summed E-state index contributed by atoms with van der Waals surface area (Å²) >= 11 is 5.79. The Labute approximate surface area is 128 Å². The summed E-state index contributed by atoms with van der Waals surface area (Å²) in [6, 6.07) is 11.8. The van der Waals surface area contributed by atoms with Gasteiger partial charge in [0.05, 0.1) is 5.69 Å². The summed E-state index contributed by atoms with van der Waals surface area (Å²) in [4.78, 5) is 12.0. The number of halogens is 1. The minimum atomic E-state index is -0.702. The number of phenols is 1. The van der Waals surface area contributed by atoms with Crippen LogP contribution in [-0.4, -0.2) is 17.1 Å². The van der Waals surface area contributed by atoms with Crippen molar-refractivity contribution in [1.82, 2.24) is 0 Å². The first-order valence-corrected chi connectivity index (χ1v) is 6.86. The molecule has 1 atom stereocenters. The van der Waals surface area contributed by atoms with Crippen LogP contribution in [0.15, 0.2) is 42.5 Å². The fraction of sp³-hybridized carbons (Fsp3) is 0.188. The fourth-order valence-electron chi connectivity index (χ4n) is 1.75. The lowest BCUT2D eigenvalue weighted by Gasteiger charge is -2.15. The van der Waals surface area contributed by atoms with E-state index < -0.39 is 6.10 Å². The summed E-state index contributed by atoms with van der Waals surface area (Å²) < 4.78 is 5.51. The first-order chi connectivity index (χ1) is 9.95. The first-order valence-electron chi connectivity index (χ1n) is 6.48. The van der Waals surface area contributed by atoms with E-state index in [1.807, 2.05) is 6.92 Å². The molecule has 0 spiro atoms. The molecule has 2 N–H and O–H groups in total. The third-order valence-electron chi connectivity index (χ3n) is 2.91. The summed E-state index contributed by atoms with van der Waals surface area (Å²) in [5, 5.41) is 13.0. The molecular formula is C16H16ClNO3. The van der Waals surface area contributed by atoms with E-state index in [0.29, 0.717) is 16.5 Å². The number of carbonyl (C=O) groups excluding carboxylic acids is 1. The largest absolute Gasteiger partial charge is 0.506 e. The fourth-order valence-corrected chi connectivity index (χ4v) is 1.88. The number of aryl methyl sites for hydroxylation is 1. The third kappa shape index (κ3) is 4.13. The van der Waals surface area contributed by atoms with Crippen molar-refractivity contribution in [2.24, 2.45) is 0 Å². The number of aromatic hydroxyl groups is 1. The van der Waals surface area contributed by atoms with Gasteiger partial charge in [0.2, 0.25) is 0 Å². The molecule has 1 amide bonds. The number of phenolic OH excluding ortho intramolecular Hbond substituents is 1. The zero-order chi connectivity index (χ0) is 15.4. The Balaban J connectivity index is 2.00. The van der Waals surface area contributed by atoms with Crippen LogP contribution in [0.5, 0.6) is 11.5 Å². The molecule has 0 aliphatic carbocycles. The van der Waals surface area contributed by atoms with Crippen LogP contribution in [0.3, 0.4) is 0 Å². The van der Waals surface area contributed by atoms with Crippen molar-refractivity contribution in [3.05, 3.63) is 53.1 Å². The van der Waals surface area contributed by atoms with E-state index in [0.717, 1.165) is 5.56 Å². The van der Waals surface area contributed by atoms with Gasteiger partial charge in [0.25, 0.3) is 5.91 Å². The summed E-state index contributed by atoms with van der Waals surface area (Å²) in [6.45, 7) is 3.49. The van der Waals surface area contributed by atoms with Gasteiger partial charge in [-0.15, -0.1) is 0 Å². The smallest absolute Gasteiger partial charge is 0.265 e. The van der Waals surface area contributed by atoms with E-state index in [4.69, 9.17) is 16.3 Å². The summed E-state index contributed by atoms with van der Waals surface area (Å²) in [5.74, 6) is 0.237. The average Bonchev–Trinajstić information content (AvgIpc) is 2.44. The number of anilines is 1. The maximum atomic E-state index is 12.0. The predicted molar refractivity (Wildman–Crippen MR) is 83.0 cm³/mol. The van der Waals surface area contributed by atoms with Crippen LogP contribution in [-0.2, 0) is 4.79 Å². The summed E-state index contributed by atoms with van der Waals surface area (Å²) in [5.41, 5.74) is 1.27. The molecule has 2 rings (SSSR count). The lowest BCUT2D eigenvalue weighted by atomic mass is 10.2. The highest BCUT2D eigenvalue weighted by molar-refractivity contribution is 6.30. The van der Waals surface area contributed by atoms with E-state index in [1.54, 1.807) is 49.4 Å². The summed E-state index contributed by atoms with van der Waals surface area (Å²) in [7, 11) is 0. The Morgan fingerprint density at radius 3 is 2.52 bits per heavy atom. The number of nitrogens with one attached hydrogen (secondary N) is 1. The van der Waals surface area contributed by atoms with E-state index in [2.05, 4.69) is 5.32 Å². The zero-order valence-corrected chi connectivity index (χ0v) is 12.5. The normalized spacial score (nSPS) is 11.8. The molecule has 0 radical (unpaired) electrons. The minimum absolute atomic E-state index is 0.0297. The quantitative estimate of drug-likeness (QED) is 0.846. The molecule has 0 heterocycles. The van der Waals surface area contributed by atoms with E-state index in [-0.39, 0.29) is 11.7 Å². The molecule has 1 unspecified atom stereocenters. The van der Waals surface area contributed by atoms with Crippen molar-refractivity contribution < 1.29 is 14.6 Å². The van der Waals surface area contributed by atoms with E-state index >= 15 is 0 Å². The number of hydrogen-bond donors (Lipinski definition) is 2. The van der Waals surface area contributed by atoms with Crippen molar-refractivity contribution in [1.29, 1.82) is 0 Å². The molecule has 0 aliphatic heterocycles. The number of amides is 1. The molecule has 0 aromatic heterocycles. The maximum absolute atomic E-state index is 12.0. The molecule has 5 heteroatoms. The Kier molecular flexibility index (Phi) is 4.70. The first kappa shape index (κ1) is 15.2. The molecule has 2 aromatic carbocycles. The van der Waals surface area contributed by atoms with Crippen LogP contribution >= 0.6 is 11.6 Å². The Morgan fingerprint density at radius 1 is 1.24 bits per heavy atom. The third-order valence-corrected chi connectivity index (χ3v) is 3.16. The molecule has 0 saturated heterocycles. The summed E-state index contributed by atoms with van der Waals surface area (Å²) in [6.07, 6.45) is -0.702. The van der Waals surface area contributed by atoms with Gasteiger partial charge in [0, 0.05) is 5.02 Å². The van der Waals surface area contributed by atoms with Crippen LogP contribution < -0.4 is 10.1 Å². The Hall–Kier alpha value is -2.20. The van der Waals surface area contributed by atoms with E-state index in [1.165, 1.54) is 0 Å². The van der Waals surface area contributed by atoms with Crippen molar-refractivity contribution in [2.75, 3.05) is 5.32 Å². The standard InChI is InChI=1S/C16H16ClNO3/c1-10-3-8-14(15(19)9-10)18-16(20)11(2)21-13-6-4-12(17)5-7-13/h3-9,11,19H,1-2H3,(H,18,20). The van der Waals surface area contributed by atoms with Gasteiger partial charge in [-0.3, -0.25) is 4.79 Å². The van der Waals surface area contributed by atoms with Gasteiger partial charge in [-0.05, 0) is 55.8 Å². The topological polar surface area (TPSA) is 58.6 Å². The van der Waals surface area contributed by atoms with Crippen molar-refractivity contribution >= 4 is 23.2 Å². The number of hydrogen-bond acceptors (Lipinski definition) is 3. The minimum Gasteiger partial charge on any atom is -0.506 e. The molecule has 0 saturated carbocycles. The highest BCUT2D eigenvalue weighted by Crippen LogP contribution is 2.24. The van der Waals surface area contributed by atoms with Crippen LogP contribution in [0.25, 0.3) is 0 Å². The van der Waals surface area contributed by atoms with Gasteiger partial charge in [-0.1, -0.05) is 17.7 Å². The van der Waals surface area contributed by atoms with Crippen LogP contribution in [0, 0.1) is 6.92 Å². The van der Waals surface area contributed by atoms with Gasteiger partial charge < -0.3 is 15.2 Å². The second-order valence-electron chi connectivity index (χ2n) is 4.72. The van der Waals surface area contributed by atoms with Crippen LogP contribution in [0.4, 0.5) is 5.69 Å². The number of ether oxygens (including phenoxy) is 1. The molecule has 0 aliphatic rings.